The summed E-state index contributed by atoms with van der Waals surface area (Å²) >= 11 is 5.93. The van der Waals surface area contributed by atoms with Gasteiger partial charge in [-0.2, -0.15) is 0 Å². The first-order valence-electron chi connectivity index (χ1n) is 8.64. The molecule has 6 nitrogen and oxygen atoms in total. The second-order valence-corrected chi connectivity index (χ2v) is 6.92. The predicted molar refractivity (Wildman–Crippen MR) is 106 cm³/mol. The molecule has 0 saturated heterocycles. The number of anilines is 3. The normalized spacial score (nSPS) is 12.9. The van der Waals surface area contributed by atoms with Crippen molar-refractivity contribution in [1.82, 2.24) is 0 Å². The van der Waals surface area contributed by atoms with Crippen molar-refractivity contribution < 1.29 is 14.4 Å². The molecule has 0 saturated carbocycles. The Hall–Kier alpha value is -2.86. The summed E-state index contributed by atoms with van der Waals surface area (Å²) in [6.07, 6.45) is 1.78. The van der Waals surface area contributed by atoms with Crippen LogP contribution in [0.4, 0.5) is 17.1 Å². The minimum absolute atomic E-state index is 0.0476. The van der Waals surface area contributed by atoms with Crippen LogP contribution in [0.3, 0.4) is 0 Å². The summed E-state index contributed by atoms with van der Waals surface area (Å²) in [4.78, 5) is 38.0. The fraction of sp³-hybridized carbons (Fsp3) is 0.250. The maximum atomic E-state index is 12.3. The molecular formula is C20H20ClN3O3. The highest BCUT2D eigenvalue weighted by molar-refractivity contribution is 6.44. The van der Waals surface area contributed by atoms with E-state index in [0.29, 0.717) is 22.9 Å². The quantitative estimate of drug-likeness (QED) is 0.776. The number of fused-ring (bicyclic) bond motifs is 1. The number of hydrogen-bond acceptors (Lipinski definition) is 3. The van der Waals surface area contributed by atoms with E-state index in [0.717, 1.165) is 29.7 Å². The van der Waals surface area contributed by atoms with Crippen molar-refractivity contribution in [2.24, 2.45) is 0 Å². The molecule has 1 aliphatic rings. The van der Waals surface area contributed by atoms with Crippen molar-refractivity contribution in [1.29, 1.82) is 0 Å². The lowest BCUT2D eigenvalue weighted by Gasteiger charge is -2.29. The third-order valence-electron chi connectivity index (χ3n) is 4.50. The average Bonchev–Trinajstić information content (AvgIpc) is 2.63. The van der Waals surface area contributed by atoms with E-state index in [-0.39, 0.29) is 5.91 Å². The largest absolute Gasteiger partial charge is 0.318 e. The number of benzene rings is 2. The van der Waals surface area contributed by atoms with Crippen LogP contribution in [0.5, 0.6) is 0 Å². The molecule has 2 aromatic rings. The molecule has 1 heterocycles. The van der Waals surface area contributed by atoms with Gasteiger partial charge in [-0.05, 0) is 55.2 Å². The van der Waals surface area contributed by atoms with Crippen molar-refractivity contribution in [3.05, 3.63) is 52.5 Å². The zero-order valence-electron chi connectivity index (χ0n) is 15.1. The van der Waals surface area contributed by atoms with Crippen molar-refractivity contribution in [2.75, 3.05) is 22.1 Å². The van der Waals surface area contributed by atoms with Gasteiger partial charge in [0.2, 0.25) is 5.91 Å². The second-order valence-electron chi connectivity index (χ2n) is 6.49. The molecule has 0 aliphatic carbocycles. The number of rotatable bonds is 2. The molecule has 2 aromatic carbocycles. The van der Waals surface area contributed by atoms with Crippen molar-refractivity contribution in [3.63, 3.8) is 0 Å². The number of amides is 3. The molecule has 140 valence electrons. The molecular weight excluding hydrogens is 366 g/mol. The highest BCUT2D eigenvalue weighted by Crippen LogP contribution is 2.30. The first kappa shape index (κ1) is 18.9. The standard InChI is InChI=1S/C20H20ClN3O3/c1-12-5-7-15(21)10-17(12)23-20(27)19(26)22-16-8-6-14-4-3-9-24(13(2)25)18(14)11-16/h5-8,10-11H,3-4,9H2,1-2H3,(H,22,26)(H,23,27). The van der Waals surface area contributed by atoms with Crippen LogP contribution in [0.1, 0.15) is 24.5 Å². The summed E-state index contributed by atoms with van der Waals surface area (Å²) in [5, 5.41) is 5.61. The number of aryl methyl sites for hydroxylation is 2. The van der Waals surface area contributed by atoms with Gasteiger partial charge in [-0.3, -0.25) is 14.4 Å². The smallest absolute Gasteiger partial charge is 0.314 e. The van der Waals surface area contributed by atoms with Gasteiger partial charge in [0.05, 0.1) is 0 Å². The monoisotopic (exact) mass is 385 g/mol. The Morgan fingerprint density at radius 1 is 1.04 bits per heavy atom. The van der Waals surface area contributed by atoms with E-state index in [1.807, 2.05) is 13.0 Å². The van der Waals surface area contributed by atoms with Gasteiger partial charge < -0.3 is 15.5 Å². The summed E-state index contributed by atoms with van der Waals surface area (Å²) in [5.41, 5.74) is 3.57. The highest BCUT2D eigenvalue weighted by atomic mass is 35.5. The molecule has 0 spiro atoms. The van der Waals surface area contributed by atoms with Crippen LogP contribution in [0, 0.1) is 6.92 Å². The van der Waals surface area contributed by atoms with Gasteiger partial charge >= 0.3 is 11.8 Å². The fourth-order valence-electron chi connectivity index (χ4n) is 3.08. The van der Waals surface area contributed by atoms with Crippen LogP contribution in [0.15, 0.2) is 36.4 Å². The number of carbonyl (C=O) groups excluding carboxylic acids is 3. The SMILES string of the molecule is CC(=O)N1CCCc2ccc(NC(=O)C(=O)Nc3cc(Cl)ccc3C)cc21. The van der Waals surface area contributed by atoms with E-state index in [4.69, 9.17) is 11.6 Å². The molecule has 1 aliphatic heterocycles. The Morgan fingerprint density at radius 3 is 2.52 bits per heavy atom. The third-order valence-corrected chi connectivity index (χ3v) is 4.73. The lowest BCUT2D eigenvalue weighted by atomic mass is 10.0. The lowest BCUT2D eigenvalue weighted by molar-refractivity contribution is -0.133. The number of carbonyl (C=O) groups is 3. The van der Waals surface area contributed by atoms with E-state index in [1.54, 1.807) is 35.2 Å². The molecule has 0 fully saturated rings. The first-order valence-corrected chi connectivity index (χ1v) is 9.02. The van der Waals surface area contributed by atoms with E-state index in [9.17, 15) is 14.4 Å². The molecule has 3 amide bonds. The Balaban J connectivity index is 1.74. The fourth-order valence-corrected chi connectivity index (χ4v) is 3.25. The van der Waals surface area contributed by atoms with E-state index < -0.39 is 11.8 Å². The molecule has 0 radical (unpaired) electrons. The van der Waals surface area contributed by atoms with Crippen molar-refractivity contribution in [3.8, 4) is 0 Å². The van der Waals surface area contributed by atoms with E-state index in [1.165, 1.54) is 6.92 Å². The molecule has 27 heavy (non-hydrogen) atoms. The number of hydrogen-bond donors (Lipinski definition) is 2. The van der Waals surface area contributed by atoms with Crippen LogP contribution >= 0.6 is 11.6 Å². The minimum atomic E-state index is -0.792. The van der Waals surface area contributed by atoms with Gasteiger partial charge in [0.1, 0.15) is 0 Å². The van der Waals surface area contributed by atoms with Crippen LogP contribution in [-0.4, -0.2) is 24.3 Å². The summed E-state index contributed by atoms with van der Waals surface area (Å²) in [5.74, 6) is -1.63. The maximum Gasteiger partial charge on any atom is 0.314 e. The molecule has 0 bridgehead atoms. The number of halogens is 1. The van der Waals surface area contributed by atoms with Crippen LogP contribution in [0.25, 0.3) is 0 Å². The van der Waals surface area contributed by atoms with Crippen molar-refractivity contribution in [2.45, 2.75) is 26.7 Å². The van der Waals surface area contributed by atoms with Gasteiger partial charge in [0, 0.05) is 35.6 Å². The molecule has 3 rings (SSSR count). The Labute approximate surface area is 162 Å². The van der Waals surface area contributed by atoms with Crippen LogP contribution in [0.2, 0.25) is 5.02 Å². The van der Waals surface area contributed by atoms with Gasteiger partial charge in [-0.15, -0.1) is 0 Å². The Morgan fingerprint density at radius 2 is 1.78 bits per heavy atom. The lowest BCUT2D eigenvalue weighted by Crippen LogP contribution is -2.34. The van der Waals surface area contributed by atoms with E-state index in [2.05, 4.69) is 10.6 Å². The molecule has 0 unspecified atom stereocenters. The van der Waals surface area contributed by atoms with E-state index >= 15 is 0 Å². The second kappa shape index (κ2) is 7.80. The van der Waals surface area contributed by atoms with Gasteiger partial charge in [0.15, 0.2) is 0 Å². The topological polar surface area (TPSA) is 78.5 Å². The summed E-state index contributed by atoms with van der Waals surface area (Å²) in [6.45, 7) is 3.97. The summed E-state index contributed by atoms with van der Waals surface area (Å²) in [6, 6.07) is 10.4. The van der Waals surface area contributed by atoms with Crippen molar-refractivity contribution >= 4 is 46.4 Å². The molecule has 7 heteroatoms. The highest BCUT2D eigenvalue weighted by Gasteiger charge is 2.21. The van der Waals surface area contributed by atoms with Crippen LogP contribution < -0.4 is 15.5 Å². The molecule has 2 N–H and O–H groups in total. The zero-order valence-corrected chi connectivity index (χ0v) is 15.9. The zero-order chi connectivity index (χ0) is 19.6. The maximum absolute atomic E-state index is 12.3. The Bertz CT molecular complexity index is 927. The van der Waals surface area contributed by atoms with Crippen LogP contribution in [-0.2, 0) is 20.8 Å². The van der Waals surface area contributed by atoms with Gasteiger partial charge in [-0.25, -0.2) is 0 Å². The number of nitrogens with one attached hydrogen (secondary N) is 2. The van der Waals surface area contributed by atoms with Gasteiger partial charge in [-0.1, -0.05) is 23.7 Å². The third kappa shape index (κ3) is 4.28. The summed E-state index contributed by atoms with van der Waals surface area (Å²) < 4.78 is 0. The average molecular weight is 386 g/mol. The minimum Gasteiger partial charge on any atom is -0.318 e. The van der Waals surface area contributed by atoms with Gasteiger partial charge in [0.25, 0.3) is 0 Å². The first-order chi connectivity index (χ1) is 12.8. The number of nitrogens with zero attached hydrogens (tertiary/aromatic N) is 1. The predicted octanol–water partition coefficient (Wildman–Crippen LogP) is 3.52. The molecule has 0 atom stereocenters. The Kier molecular flexibility index (Phi) is 5.46. The summed E-state index contributed by atoms with van der Waals surface area (Å²) in [7, 11) is 0. The molecule has 0 aromatic heterocycles.